The first-order chi connectivity index (χ1) is 12.1. The SMILES string of the molecule is Cc1ccc(S(=O)(=O)N[C@H](CC(C)C)C(=O)N2C[C@H](C)C[C@H](C)C2)cc1. The minimum Gasteiger partial charge on any atom is -0.341 e. The molecule has 1 amide bonds. The number of aryl methyl sites for hydroxylation is 1. The van der Waals surface area contributed by atoms with Gasteiger partial charge in [0, 0.05) is 13.1 Å². The molecule has 0 unspecified atom stereocenters. The molecule has 1 aliphatic heterocycles. The molecule has 0 bridgehead atoms. The highest BCUT2D eigenvalue weighted by atomic mass is 32.2. The van der Waals surface area contributed by atoms with Crippen LogP contribution < -0.4 is 4.72 Å². The lowest BCUT2D eigenvalue weighted by atomic mass is 9.91. The summed E-state index contributed by atoms with van der Waals surface area (Å²) in [7, 11) is -3.73. The number of nitrogens with one attached hydrogen (secondary N) is 1. The van der Waals surface area contributed by atoms with Crippen molar-refractivity contribution in [3.63, 3.8) is 0 Å². The van der Waals surface area contributed by atoms with Crippen molar-refractivity contribution in [2.24, 2.45) is 17.8 Å². The molecule has 1 aliphatic rings. The van der Waals surface area contributed by atoms with Gasteiger partial charge in [-0.3, -0.25) is 4.79 Å². The molecule has 0 spiro atoms. The first-order valence-electron chi connectivity index (χ1n) is 9.46. The van der Waals surface area contributed by atoms with E-state index < -0.39 is 16.1 Å². The van der Waals surface area contributed by atoms with Gasteiger partial charge in [-0.05, 0) is 49.7 Å². The van der Waals surface area contributed by atoms with Crippen molar-refractivity contribution < 1.29 is 13.2 Å². The number of likely N-dealkylation sites (tertiary alicyclic amines) is 1. The van der Waals surface area contributed by atoms with E-state index in [1.807, 2.05) is 25.7 Å². The van der Waals surface area contributed by atoms with Gasteiger partial charge in [0.05, 0.1) is 4.90 Å². The summed E-state index contributed by atoms with van der Waals surface area (Å²) < 4.78 is 28.2. The molecular weight excluding hydrogens is 348 g/mol. The van der Waals surface area contributed by atoms with E-state index in [0.717, 1.165) is 12.0 Å². The number of sulfonamides is 1. The lowest BCUT2D eigenvalue weighted by molar-refractivity contribution is -0.136. The summed E-state index contributed by atoms with van der Waals surface area (Å²) in [6.07, 6.45) is 1.59. The summed E-state index contributed by atoms with van der Waals surface area (Å²) in [5, 5.41) is 0. The Labute approximate surface area is 158 Å². The van der Waals surface area contributed by atoms with E-state index in [-0.39, 0.29) is 16.7 Å². The zero-order valence-electron chi connectivity index (χ0n) is 16.5. The summed E-state index contributed by atoms with van der Waals surface area (Å²) in [5.41, 5.74) is 0.995. The Morgan fingerprint density at radius 3 is 2.19 bits per heavy atom. The Bertz CT molecular complexity index is 703. The Balaban J connectivity index is 2.21. The van der Waals surface area contributed by atoms with E-state index in [4.69, 9.17) is 0 Å². The van der Waals surface area contributed by atoms with Crippen molar-refractivity contribution in [3.05, 3.63) is 29.8 Å². The third-order valence-electron chi connectivity index (χ3n) is 4.81. The molecule has 1 N–H and O–H groups in total. The molecule has 1 aromatic carbocycles. The summed E-state index contributed by atoms with van der Waals surface area (Å²) in [6.45, 7) is 11.6. The van der Waals surface area contributed by atoms with Crippen molar-refractivity contribution in [3.8, 4) is 0 Å². The summed E-state index contributed by atoms with van der Waals surface area (Å²) in [4.78, 5) is 15.1. The number of carbonyl (C=O) groups is 1. The molecule has 1 fully saturated rings. The second-order valence-corrected chi connectivity index (χ2v) is 10.0. The van der Waals surface area contributed by atoms with E-state index in [1.54, 1.807) is 24.3 Å². The van der Waals surface area contributed by atoms with Gasteiger partial charge in [0.1, 0.15) is 6.04 Å². The van der Waals surface area contributed by atoms with Crippen LogP contribution in [0.15, 0.2) is 29.2 Å². The van der Waals surface area contributed by atoms with E-state index in [9.17, 15) is 13.2 Å². The van der Waals surface area contributed by atoms with E-state index in [0.29, 0.717) is 31.3 Å². The number of rotatable bonds is 6. The molecule has 6 heteroatoms. The zero-order chi connectivity index (χ0) is 19.5. The van der Waals surface area contributed by atoms with Gasteiger partial charge in [0.25, 0.3) is 0 Å². The first-order valence-corrected chi connectivity index (χ1v) is 10.9. The van der Waals surface area contributed by atoms with Crippen molar-refractivity contribution in [2.75, 3.05) is 13.1 Å². The smallest absolute Gasteiger partial charge is 0.241 e. The average Bonchev–Trinajstić information content (AvgIpc) is 2.52. The molecule has 1 aromatic rings. The highest BCUT2D eigenvalue weighted by Gasteiger charge is 2.33. The third kappa shape index (κ3) is 5.55. The minimum absolute atomic E-state index is 0.104. The molecule has 26 heavy (non-hydrogen) atoms. The Morgan fingerprint density at radius 2 is 1.69 bits per heavy atom. The van der Waals surface area contributed by atoms with Gasteiger partial charge >= 0.3 is 0 Å². The van der Waals surface area contributed by atoms with Crippen LogP contribution in [0.4, 0.5) is 0 Å². The fourth-order valence-corrected chi connectivity index (χ4v) is 4.91. The highest BCUT2D eigenvalue weighted by molar-refractivity contribution is 7.89. The van der Waals surface area contributed by atoms with E-state index >= 15 is 0 Å². The molecule has 0 radical (unpaired) electrons. The predicted molar refractivity (Wildman–Crippen MR) is 104 cm³/mol. The molecule has 0 aromatic heterocycles. The predicted octanol–water partition coefficient (Wildman–Crippen LogP) is 3.19. The standard InChI is InChI=1S/C20H32N2O3S/c1-14(2)10-19(20(23)22-12-16(4)11-17(5)13-22)21-26(24,25)18-8-6-15(3)7-9-18/h6-9,14,16-17,19,21H,10-13H2,1-5H3/t16-,17+,19-/m1/s1. The maximum Gasteiger partial charge on any atom is 0.241 e. The fourth-order valence-electron chi connectivity index (χ4n) is 3.71. The van der Waals surface area contributed by atoms with Gasteiger partial charge < -0.3 is 4.90 Å². The maximum atomic E-state index is 13.1. The van der Waals surface area contributed by atoms with Crippen molar-refractivity contribution in [1.82, 2.24) is 9.62 Å². The number of nitrogens with zero attached hydrogens (tertiary/aromatic N) is 1. The number of hydrogen-bond donors (Lipinski definition) is 1. The molecule has 1 saturated heterocycles. The molecule has 2 rings (SSSR count). The Kier molecular flexibility index (Phi) is 6.86. The second-order valence-electron chi connectivity index (χ2n) is 8.31. The number of amides is 1. The lowest BCUT2D eigenvalue weighted by Gasteiger charge is -2.37. The summed E-state index contributed by atoms with van der Waals surface area (Å²) in [5.74, 6) is 0.990. The number of piperidine rings is 1. The van der Waals surface area contributed by atoms with Crippen LogP contribution in [0, 0.1) is 24.7 Å². The summed E-state index contributed by atoms with van der Waals surface area (Å²) >= 11 is 0. The van der Waals surface area contributed by atoms with Crippen LogP contribution >= 0.6 is 0 Å². The molecule has 3 atom stereocenters. The molecule has 0 aliphatic carbocycles. The van der Waals surface area contributed by atoms with Gasteiger partial charge in [-0.2, -0.15) is 4.72 Å². The quantitative estimate of drug-likeness (QED) is 0.824. The number of carbonyl (C=O) groups excluding carboxylic acids is 1. The van der Waals surface area contributed by atoms with Gasteiger partial charge in [0.2, 0.25) is 15.9 Å². The number of benzene rings is 1. The van der Waals surface area contributed by atoms with Gasteiger partial charge in [-0.1, -0.05) is 45.4 Å². The topological polar surface area (TPSA) is 66.5 Å². The lowest BCUT2D eigenvalue weighted by Crippen LogP contribution is -2.52. The van der Waals surface area contributed by atoms with Crippen LogP contribution in [0.2, 0.25) is 0 Å². The number of hydrogen-bond acceptors (Lipinski definition) is 3. The van der Waals surface area contributed by atoms with Crippen LogP contribution in [0.25, 0.3) is 0 Å². The average molecular weight is 381 g/mol. The molecular formula is C20H32N2O3S. The zero-order valence-corrected chi connectivity index (χ0v) is 17.3. The van der Waals surface area contributed by atoms with Crippen molar-refractivity contribution >= 4 is 15.9 Å². The monoisotopic (exact) mass is 380 g/mol. The second kappa shape index (κ2) is 8.53. The van der Waals surface area contributed by atoms with Gasteiger partial charge in [-0.25, -0.2) is 8.42 Å². The highest BCUT2D eigenvalue weighted by Crippen LogP contribution is 2.23. The molecule has 1 heterocycles. The van der Waals surface area contributed by atoms with Crippen LogP contribution in [0.3, 0.4) is 0 Å². The minimum atomic E-state index is -3.73. The molecule has 146 valence electrons. The first kappa shape index (κ1) is 20.9. The molecule has 5 nitrogen and oxygen atoms in total. The Morgan fingerprint density at radius 1 is 1.15 bits per heavy atom. The van der Waals surface area contributed by atoms with Crippen molar-refractivity contribution in [2.45, 2.75) is 58.4 Å². The van der Waals surface area contributed by atoms with Crippen LogP contribution in [-0.4, -0.2) is 38.4 Å². The largest absolute Gasteiger partial charge is 0.341 e. The normalized spacial score (nSPS) is 22.5. The van der Waals surface area contributed by atoms with Crippen LogP contribution in [0.1, 0.15) is 46.1 Å². The fraction of sp³-hybridized carbons (Fsp3) is 0.650. The van der Waals surface area contributed by atoms with Crippen molar-refractivity contribution in [1.29, 1.82) is 0 Å². The van der Waals surface area contributed by atoms with Crippen LogP contribution in [0.5, 0.6) is 0 Å². The summed E-state index contributed by atoms with van der Waals surface area (Å²) in [6, 6.07) is 5.97. The molecule has 0 saturated carbocycles. The third-order valence-corrected chi connectivity index (χ3v) is 6.30. The van der Waals surface area contributed by atoms with Crippen LogP contribution in [-0.2, 0) is 14.8 Å². The maximum absolute atomic E-state index is 13.1. The van der Waals surface area contributed by atoms with E-state index in [2.05, 4.69) is 18.6 Å². The van der Waals surface area contributed by atoms with Gasteiger partial charge in [-0.15, -0.1) is 0 Å². The van der Waals surface area contributed by atoms with E-state index in [1.165, 1.54) is 0 Å². The Hall–Kier alpha value is -1.40. The van der Waals surface area contributed by atoms with Gasteiger partial charge in [0.15, 0.2) is 0 Å².